The van der Waals surface area contributed by atoms with Crippen molar-refractivity contribution in [3.8, 4) is 0 Å². The summed E-state index contributed by atoms with van der Waals surface area (Å²) in [5, 5.41) is 6.35. The maximum atomic E-state index is 13.8. The van der Waals surface area contributed by atoms with E-state index in [0.717, 1.165) is 5.56 Å². The molecule has 1 spiro atoms. The van der Waals surface area contributed by atoms with Gasteiger partial charge in [0, 0.05) is 50.4 Å². The fourth-order valence-corrected chi connectivity index (χ4v) is 6.49. The highest BCUT2D eigenvalue weighted by molar-refractivity contribution is 5.93. The first kappa shape index (κ1) is 30.7. The number of hydrogen-bond acceptors (Lipinski definition) is 6. The summed E-state index contributed by atoms with van der Waals surface area (Å²) >= 11 is 0. The molecule has 0 bridgehead atoms. The third-order valence-electron chi connectivity index (χ3n) is 8.95. The van der Waals surface area contributed by atoms with Gasteiger partial charge in [0.25, 0.3) is 5.91 Å². The summed E-state index contributed by atoms with van der Waals surface area (Å²) in [7, 11) is 0. The van der Waals surface area contributed by atoms with Gasteiger partial charge in [-0.05, 0) is 56.1 Å². The molecule has 2 fully saturated rings. The summed E-state index contributed by atoms with van der Waals surface area (Å²) in [5.74, 6) is -0.303. The van der Waals surface area contributed by atoms with Crippen LogP contribution in [0.5, 0.6) is 0 Å². The van der Waals surface area contributed by atoms with Gasteiger partial charge in [0.1, 0.15) is 11.7 Å². The van der Waals surface area contributed by atoms with E-state index in [1.54, 1.807) is 11.0 Å². The summed E-state index contributed by atoms with van der Waals surface area (Å²) in [6, 6.07) is 10.5. The normalized spacial score (nSPS) is 25.2. The van der Waals surface area contributed by atoms with E-state index in [1.165, 1.54) is 0 Å². The summed E-state index contributed by atoms with van der Waals surface area (Å²) in [4.78, 5) is 61.8. The number of amides is 3. The first-order chi connectivity index (χ1) is 20.7. The Labute approximate surface area is 252 Å². The molecule has 230 valence electrons. The molecule has 3 atom stereocenters. The number of rotatable bonds is 5. The molecular formula is C33H43N5O5. The monoisotopic (exact) mass is 589 g/mol. The number of benzene rings is 1. The maximum absolute atomic E-state index is 13.8. The van der Waals surface area contributed by atoms with E-state index >= 15 is 0 Å². The molecule has 2 saturated heterocycles. The number of carbonyl (C=O) groups is 3. The fourth-order valence-electron chi connectivity index (χ4n) is 6.49. The van der Waals surface area contributed by atoms with Gasteiger partial charge in [-0.1, -0.05) is 56.3 Å². The predicted molar refractivity (Wildman–Crippen MR) is 162 cm³/mol. The average molecular weight is 590 g/mol. The van der Waals surface area contributed by atoms with Crippen LogP contribution in [0, 0.1) is 17.3 Å². The highest BCUT2D eigenvalue weighted by atomic mass is 16.5. The Bertz CT molecular complexity index is 1380. The van der Waals surface area contributed by atoms with Crippen LogP contribution in [0.15, 0.2) is 53.3 Å². The minimum absolute atomic E-state index is 0.0341. The van der Waals surface area contributed by atoms with Crippen molar-refractivity contribution >= 4 is 17.7 Å². The van der Waals surface area contributed by atoms with Gasteiger partial charge in [0.15, 0.2) is 0 Å². The number of nitrogens with zero attached hydrogens (tertiary/aromatic N) is 2. The van der Waals surface area contributed by atoms with Gasteiger partial charge in [-0.15, -0.1) is 0 Å². The molecule has 5 rings (SSSR count). The number of fused-ring (bicyclic) bond motifs is 1. The smallest absolute Gasteiger partial charge is 0.345 e. The zero-order valence-corrected chi connectivity index (χ0v) is 25.1. The summed E-state index contributed by atoms with van der Waals surface area (Å²) < 4.78 is 5.59. The van der Waals surface area contributed by atoms with Gasteiger partial charge in [-0.2, -0.15) is 4.98 Å². The Morgan fingerprint density at radius 3 is 2.60 bits per heavy atom. The largest absolute Gasteiger partial charge is 0.381 e. The molecule has 1 aromatic heterocycles. The van der Waals surface area contributed by atoms with E-state index < -0.39 is 17.1 Å². The van der Waals surface area contributed by atoms with Crippen LogP contribution in [0.4, 0.5) is 0 Å². The quantitative estimate of drug-likeness (QED) is 0.460. The molecule has 3 aliphatic rings. The molecule has 0 unspecified atom stereocenters. The molecule has 10 heteroatoms. The number of nitrogens with one attached hydrogen (secondary N) is 3. The number of carbonyl (C=O) groups excluding carboxylic acids is 3. The van der Waals surface area contributed by atoms with Crippen LogP contribution < -0.4 is 16.3 Å². The molecule has 2 aromatic rings. The standard InChI is InChI=1S/C33H43N5O5/c1-22(2)18-25-20-28(37-32(42)34-25)30(40)38-15-11-26-24(21-38)10-6-7-12-33(13-16-43-17-14-33)31(41)36-27(29(39)35-26)19-23-8-4-3-5-9-23/h3-9,20,22,24,26-27H,10-19,21H2,1-2H3,(H,35,39)(H,36,41)(H,34,37,42)/b7-6+/t24-,26+,27-/m0/s1. The Morgan fingerprint density at radius 2 is 1.86 bits per heavy atom. The van der Waals surface area contributed by atoms with Crippen molar-refractivity contribution in [3.05, 3.63) is 76.0 Å². The van der Waals surface area contributed by atoms with E-state index in [0.29, 0.717) is 82.9 Å². The maximum Gasteiger partial charge on any atom is 0.345 e. The van der Waals surface area contributed by atoms with E-state index in [9.17, 15) is 19.2 Å². The predicted octanol–water partition coefficient (Wildman–Crippen LogP) is 2.79. The van der Waals surface area contributed by atoms with Crippen molar-refractivity contribution in [1.29, 1.82) is 0 Å². The Morgan fingerprint density at radius 1 is 1.09 bits per heavy atom. The number of hydrogen-bond donors (Lipinski definition) is 3. The van der Waals surface area contributed by atoms with Gasteiger partial charge < -0.3 is 25.3 Å². The fraction of sp³-hybridized carbons (Fsp3) is 0.545. The van der Waals surface area contributed by atoms with Crippen LogP contribution in [0.25, 0.3) is 0 Å². The van der Waals surface area contributed by atoms with Crippen molar-refractivity contribution in [2.24, 2.45) is 17.3 Å². The van der Waals surface area contributed by atoms with E-state index in [-0.39, 0.29) is 35.4 Å². The number of aromatic amines is 1. The second-order valence-corrected chi connectivity index (χ2v) is 12.6. The number of H-pyrrole nitrogens is 1. The Balaban J connectivity index is 1.38. The molecule has 1 aromatic carbocycles. The van der Waals surface area contributed by atoms with Crippen LogP contribution in [-0.4, -0.2) is 71.0 Å². The third kappa shape index (κ3) is 7.60. The van der Waals surface area contributed by atoms with Crippen molar-refractivity contribution < 1.29 is 19.1 Å². The van der Waals surface area contributed by atoms with Crippen molar-refractivity contribution in [1.82, 2.24) is 25.5 Å². The molecule has 3 aliphatic heterocycles. The van der Waals surface area contributed by atoms with Gasteiger partial charge in [-0.3, -0.25) is 14.4 Å². The topological polar surface area (TPSA) is 133 Å². The first-order valence-electron chi connectivity index (χ1n) is 15.5. The molecule has 0 aliphatic carbocycles. The van der Waals surface area contributed by atoms with Crippen molar-refractivity contribution in [2.75, 3.05) is 26.3 Å². The average Bonchev–Trinajstić information content (AvgIpc) is 2.99. The zero-order chi connectivity index (χ0) is 30.4. The number of ether oxygens (including phenoxy) is 1. The second kappa shape index (κ2) is 13.7. The number of aromatic nitrogens is 2. The first-order valence-corrected chi connectivity index (χ1v) is 15.5. The summed E-state index contributed by atoms with van der Waals surface area (Å²) in [6.45, 7) is 5.97. The zero-order valence-electron chi connectivity index (χ0n) is 25.1. The van der Waals surface area contributed by atoms with E-state index in [2.05, 4.69) is 46.6 Å². The number of piperidine rings is 1. The lowest BCUT2D eigenvalue weighted by Crippen LogP contribution is -2.58. The minimum Gasteiger partial charge on any atom is -0.381 e. The van der Waals surface area contributed by atoms with Crippen LogP contribution in [0.3, 0.4) is 0 Å². The van der Waals surface area contributed by atoms with Crippen LogP contribution >= 0.6 is 0 Å². The molecule has 0 radical (unpaired) electrons. The van der Waals surface area contributed by atoms with Crippen LogP contribution in [0.1, 0.15) is 67.7 Å². The second-order valence-electron chi connectivity index (χ2n) is 12.6. The van der Waals surface area contributed by atoms with Gasteiger partial charge in [-0.25, -0.2) is 4.79 Å². The van der Waals surface area contributed by atoms with Crippen LogP contribution in [-0.2, 0) is 27.2 Å². The molecular weight excluding hydrogens is 546 g/mol. The van der Waals surface area contributed by atoms with Crippen LogP contribution in [0.2, 0.25) is 0 Å². The molecule has 10 nitrogen and oxygen atoms in total. The van der Waals surface area contributed by atoms with Gasteiger partial charge in [0.05, 0.1) is 5.41 Å². The number of allylic oxidation sites excluding steroid dienone is 2. The Kier molecular flexibility index (Phi) is 9.75. The van der Waals surface area contributed by atoms with E-state index in [4.69, 9.17) is 4.74 Å². The van der Waals surface area contributed by atoms with Crippen molar-refractivity contribution in [3.63, 3.8) is 0 Å². The molecule has 0 saturated carbocycles. The van der Waals surface area contributed by atoms with E-state index in [1.807, 2.05) is 30.3 Å². The third-order valence-corrected chi connectivity index (χ3v) is 8.95. The van der Waals surface area contributed by atoms with Crippen molar-refractivity contribution in [2.45, 2.75) is 70.9 Å². The SMILES string of the molecule is CC(C)Cc1cc(C(=O)N2CC[C@H]3NC(=O)[C@H](Cc4ccccc4)NC(=O)C4(C/C=C/C[C@H]3C2)CCOCC4)nc(=O)[nH]1. The summed E-state index contributed by atoms with van der Waals surface area (Å²) in [5.41, 5.74) is 0.665. The number of likely N-dealkylation sites (tertiary alicyclic amines) is 1. The Hall–Kier alpha value is -3.79. The highest BCUT2D eigenvalue weighted by Gasteiger charge is 2.42. The molecule has 3 amide bonds. The molecule has 43 heavy (non-hydrogen) atoms. The summed E-state index contributed by atoms with van der Waals surface area (Å²) in [6.07, 6.45) is 8.16. The highest BCUT2D eigenvalue weighted by Crippen LogP contribution is 2.36. The van der Waals surface area contributed by atoms with Gasteiger partial charge >= 0.3 is 5.69 Å². The molecule has 3 N–H and O–H groups in total. The lowest BCUT2D eigenvalue weighted by atomic mass is 9.75. The lowest BCUT2D eigenvalue weighted by Gasteiger charge is -2.40. The lowest BCUT2D eigenvalue weighted by molar-refractivity contribution is -0.140. The molecule has 4 heterocycles. The van der Waals surface area contributed by atoms with Gasteiger partial charge in [0.2, 0.25) is 11.8 Å². The minimum atomic E-state index is -0.724.